The van der Waals surface area contributed by atoms with Crippen molar-refractivity contribution in [3.05, 3.63) is 103 Å². The molecule has 7 rings (SSSR count). The van der Waals surface area contributed by atoms with E-state index in [-0.39, 0.29) is 17.9 Å². The number of hydrogen-bond acceptors (Lipinski definition) is 7. The molecule has 48 heavy (non-hydrogen) atoms. The van der Waals surface area contributed by atoms with E-state index in [1.165, 1.54) is 7.11 Å². The quantitative estimate of drug-likeness (QED) is 0.156. The Labute approximate surface area is 278 Å². The largest absolute Gasteiger partial charge is 0.453 e. The topological polar surface area (TPSA) is 125 Å². The van der Waals surface area contributed by atoms with Gasteiger partial charge in [0.15, 0.2) is 0 Å². The molecule has 1 fully saturated rings. The standard InChI is InChI=1S/C38H37N7O3/c1-23(2)34(44-38(47)48-3)37(46)45-19-9-16-33(45)36-42-31-18-17-24(20-32(31)43-36)26-12-7-14-28-27(26)13-8-15-29(28)30-21-39-22-40-35(30)41-25-10-5-4-6-11-25/h4-8,10-15,17-18,20-23,33-34H,9,16,19H2,1-3H3,(H,42,43)(H,44,47)(H,39,40,41)/t33-,34-/m0/s1. The lowest BCUT2D eigenvalue weighted by Crippen LogP contribution is -2.51. The molecule has 0 bridgehead atoms. The number of rotatable bonds is 8. The molecule has 10 heteroatoms. The average Bonchev–Trinajstić information content (AvgIpc) is 3.78. The summed E-state index contributed by atoms with van der Waals surface area (Å²) in [6.07, 6.45) is 4.44. The Hall–Kier alpha value is -5.77. The zero-order chi connectivity index (χ0) is 33.2. The van der Waals surface area contributed by atoms with Crippen LogP contribution in [0.25, 0.3) is 44.1 Å². The minimum atomic E-state index is -0.682. The van der Waals surface area contributed by atoms with Crippen LogP contribution in [-0.2, 0) is 9.53 Å². The second kappa shape index (κ2) is 13.2. The van der Waals surface area contributed by atoms with Crippen LogP contribution in [0.4, 0.5) is 16.3 Å². The maximum Gasteiger partial charge on any atom is 0.407 e. The summed E-state index contributed by atoms with van der Waals surface area (Å²) >= 11 is 0. The fourth-order valence-corrected chi connectivity index (χ4v) is 6.63. The molecule has 1 saturated heterocycles. The minimum absolute atomic E-state index is 0.0987. The van der Waals surface area contributed by atoms with Gasteiger partial charge in [-0.25, -0.2) is 19.7 Å². The number of aromatic nitrogens is 4. The summed E-state index contributed by atoms with van der Waals surface area (Å²) in [5, 5.41) is 8.36. The highest BCUT2D eigenvalue weighted by Crippen LogP contribution is 2.38. The van der Waals surface area contributed by atoms with Crippen LogP contribution in [0.3, 0.4) is 0 Å². The Balaban J connectivity index is 1.21. The summed E-state index contributed by atoms with van der Waals surface area (Å²) in [6, 6.07) is 28.0. The number of H-pyrrole nitrogens is 1. The van der Waals surface area contributed by atoms with Gasteiger partial charge in [-0.2, -0.15) is 0 Å². The Morgan fingerprint density at radius 1 is 0.938 bits per heavy atom. The molecule has 0 saturated carbocycles. The number of nitrogens with one attached hydrogen (secondary N) is 3. The zero-order valence-corrected chi connectivity index (χ0v) is 27.1. The molecule has 10 nitrogen and oxygen atoms in total. The van der Waals surface area contributed by atoms with Crippen LogP contribution in [0.5, 0.6) is 0 Å². The number of benzene rings is 4. The predicted octanol–water partition coefficient (Wildman–Crippen LogP) is 7.63. The van der Waals surface area contributed by atoms with E-state index in [4.69, 9.17) is 9.72 Å². The summed E-state index contributed by atoms with van der Waals surface area (Å²) in [7, 11) is 1.30. The third-order valence-corrected chi connectivity index (χ3v) is 9.02. The van der Waals surface area contributed by atoms with Crippen molar-refractivity contribution in [2.45, 2.75) is 38.8 Å². The molecular weight excluding hydrogens is 602 g/mol. The molecule has 0 spiro atoms. The van der Waals surface area contributed by atoms with E-state index in [0.717, 1.165) is 74.2 Å². The first-order chi connectivity index (χ1) is 23.4. The highest BCUT2D eigenvalue weighted by molar-refractivity contribution is 6.06. The number of alkyl carbamates (subject to hydrolysis) is 1. The van der Waals surface area contributed by atoms with E-state index < -0.39 is 12.1 Å². The SMILES string of the molecule is COC(=O)N[C@H](C(=O)N1CCC[C@H]1c1nc2ccc(-c3cccc4c(-c5cncnc5Nc5ccccc5)cccc34)cc2[nH]1)C(C)C. The Morgan fingerprint density at radius 3 is 2.48 bits per heavy atom. The first-order valence-electron chi connectivity index (χ1n) is 16.2. The van der Waals surface area contributed by atoms with E-state index in [1.54, 1.807) is 6.33 Å². The van der Waals surface area contributed by atoms with Gasteiger partial charge in [0.2, 0.25) is 5.91 Å². The van der Waals surface area contributed by atoms with E-state index in [0.29, 0.717) is 6.54 Å². The number of hydrogen-bond donors (Lipinski definition) is 3. The Kier molecular flexibility index (Phi) is 8.46. The van der Waals surface area contributed by atoms with Gasteiger partial charge in [-0.05, 0) is 70.5 Å². The molecule has 4 aromatic carbocycles. The summed E-state index contributed by atoms with van der Waals surface area (Å²) in [5.41, 5.74) is 6.77. The molecule has 2 atom stereocenters. The van der Waals surface area contributed by atoms with E-state index in [1.807, 2.05) is 61.3 Å². The zero-order valence-electron chi connectivity index (χ0n) is 27.1. The molecule has 242 valence electrons. The summed E-state index contributed by atoms with van der Waals surface area (Å²) in [6.45, 7) is 4.43. The predicted molar refractivity (Wildman–Crippen MR) is 188 cm³/mol. The van der Waals surface area contributed by atoms with Gasteiger partial charge < -0.3 is 25.3 Å². The molecule has 0 radical (unpaired) electrons. The van der Waals surface area contributed by atoms with Crippen LogP contribution < -0.4 is 10.6 Å². The van der Waals surface area contributed by atoms with Gasteiger partial charge in [0.1, 0.15) is 24.0 Å². The number of amides is 2. The molecule has 0 unspecified atom stereocenters. The van der Waals surface area contributed by atoms with Crippen LogP contribution in [0.2, 0.25) is 0 Å². The molecule has 1 aliphatic heterocycles. The fourth-order valence-electron chi connectivity index (χ4n) is 6.63. The molecule has 1 aliphatic rings. The number of methoxy groups -OCH3 is 1. The number of ether oxygens (including phenoxy) is 1. The van der Waals surface area contributed by atoms with Crippen LogP contribution in [-0.4, -0.2) is 56.5 Å². The summed E-state index contributed by atoms with van der Waals surface area (Å²) in [4.78, 5) is 44.8. The number of fused-ring (bicyclic) bond motifs is 2. The normalized spacial score (nSPS) is 15.2. The van der Waals surface area contributed by atoms with Crippen LogP contribution >= 0.6 is 0 Å². The fraction of sp³-hybridized carbons (Fsp3) is 0.237. The lowest BCUT2D eigenvalue weighted by molar-refractivity contribution is -0.135. The average molecular weight is 640 g/mol. The lowest BCUT2D eigenvalue weighted by atomic mass is 9.93. The summed E-state index contributed by atoms with van der Waals surface area (Å²) < 4.78 is 4.78. The molecule has 2 amide bonds. The van der Waals surface area contributed by atoms with Crippen molar-refractivity contribution in [3.8, 4) is 22.3 Å². The second-order valence-electron chi connectivity index (χ2n) is 12.4. The number of aromatic amines is 1. The number of carbonyl (C=O) groups is 2. The van der Waals surface area contributed by atoms with Gasteiger partial charge in [-0.1, -0.05) is 74.5 Å². The van der Waals surface area contributed by atoms with Gasteiger partial charge in [0, 0.05) is 24.0 Å². The van der Waals surface area contributed by atoms with Crippen LogP contribution in [0.15, 0.2) is 97.5 Å². The van der Waals surface area contributed by atoms with E-state index in [9.17, 15) is 9.59 Å². The number of imidazole rings is 1. The van der Waals surface area contributed by atoms with Gasteiger partial charge in [0.05, 0.1) is 24.2 Å². The van der Waals surface area contributed by atoms with Crippen molar-refractivity contribution in [2.75, 3.05) is 19.0 Å². The number of anilines is 2. The lowest BCUT2D eigenvalue weighted by Gasteiger charge is -2.29. The van der Waals surface area contributed by atoms with Crippen molar-refractivity contribution < 1.29 is 14.3 Å². The summed E-state index contributed by atoms with van der Waals surface area (Å²) in [5.74, 6) is 1.26. The number of nitrogens with zero attached hydrogens (tertiary/aromatic N) is 4. The molecule has 3 N–H and O–H groups in total. The molecule has 3 heterocycles. The van der Waals surface area contributed by atoms with Gasteiger partial charge in [-0.15, -0.1) is 0 Å². The monoisotopic (exact) mass is 639 g/mol. The van der Waals surface area contributed by atoms with E-state index in [2.05, 4.69) is 74.1 Å². The first-order valence-corrected chi connectivity index (χ1v) is 16.2. The Bertz CT molecular complexity index is 2110. The van der Waals surface area contributed by atoms with Gasteiger partial charge in [0.25, 0.3) is 0 Å². The van der Waals surface area contributed by atoms with Crippen LogP contribution in [0, 0.1) is 5.92 Å². The number of para-hydroxylation sites is 1. The first kappa shape index (κ1) is 30.9. The van der Waals surface area contributed by atoms with Crippen molar-refractivity contribution in [1.82, 2.24) is 30.2 Å². The highest BCUT2D eigenvalue weighted by Gasteiger charge is 2.37. The third kappa shape index (κ3) is 5.92. The Morgan fingerprint density at radius 2 is 1.71 bits per heavy atom. The van der Waals surface area contributed by atoms with Crippen molar-refractivity contribution >= 4 is 45.3 Å². The van der Waals surface area contributed by atoms with Crippen molar-refractivity contribution in [3.63, 3.8) is 0 Å². The third-order valence-electron chi connectivity index (χ3n) is 9.02. The van der Waals surface area contributed by atoms with E-state index >= 15 is 0 Å². The molecule has 0 aliphatic carbocycles. The second-order valence-corrected chi connectivity index (χ2v) is 12.4. The molecule has 6 aromatic rings. The van der Waals surface area contributed by atoms with Crippen LogP contribution in [0.1, 0.15) is 38.6 Å². The molecular formula is C38H37N7O3. The highest BCUT2D eigenvalue weighted by atomic mass is 16.5. The maximum atomic E-state index is 13.6. The maximum absolute atomic E-state index is 13.6. The van der Waals surface area contributed by atoms with Crippen molar-refractivity contribution in [2.24, 2.45) is 5.92 Å². The van der Waals surface area contributed by atoms with Gasteiger partial charge in [-0.3, -0.25) is 4.79 Å². The van der Waals surface area contributed by atoms with Gasteiger partial charge >= 0.3 is 6.09 Å². The minimum Gasteiger partial charge on any atom is -0.453 e. The smallest absolute Gasteiger partial charge is 0.407 e. The number of carbonyl (C=O) groups excluding carboxylic acids is 2. The number of likely N-dealkylation sites (tertiary alicyclic amines) is 1. The van der Waals surface area contributed by atoms with Crippen molar-refractivity contribution in [1.29, 1.82) is 0 Å². The molecule has 2 aromatic heterocycles.